The first-order chi connectivity index (χ1) is 15.6. The van der Waals surface area contributed by atoms with Crippen LogP contribution in [0.25, 0.3) is 5.70 Å². The Morgan fingerprint density at radius 2 is 1.69 bits per heavy atom. The first kappa shape index (κ1) is 19.7. The van der Waals surface area contributed by atoms with E-state index >= 15 is 0 Å². The van der Waals surface area contributed by atoms with Crippen LogP contribution < -0.4 is 10.1 Å². The summed E-state index contributed by atoms with van der Waals surface area (Å²) in [4.78, 5) is 4.44. The van der Waals surface area contributed by atoms with Gasteiger partial charge in [0, 0.05) is 31.8 Å². The number of fused-ring (bicyclic) bond motifs is 3. The number of nitrogens with one attached hydrogen (secondary N) is 1. The predicted octanol–water partition coefficient (Wildman–Crippen LogP) is 6.80. The fraction of sp³-hybridized carbons (Fsp3) is 0.0833. The minimum absolute atomic E-state index is 0.272. The second-order valence-corrected chi connectivity index (χ2v) is 8.88. The number of halogens is 3. The number of nitrogens with zero attached hydrogens (tertiary/aromatic N) is 3. The second-order valence-electron chi connectivity index (χ2n) is 7.60. The number of aromatic nitrogens is 3. The highest BCUT2D eigenvalue weighted by molar-refractivity contribution is 6.35. The summed E-state index contributed by atoms with van der Waals surface area (Å²) < 4.78 is 8.42. The lowest BCUT2D eigenvalue weighted by Gasteiger charge is -2.39. The van der Waals surface area contributed by atoms with E-state index in [9.17, 15) is 0 Å². The molecule has 3 heterocycles. The molecule has 1 N–H and O–H groups in total. The summed E-state index contributed by atoms with van der Waals surface area (Å²) in [6.45, 7) is 0. The van der Waals surface area contributed by atoms with Crippen LogP contribution in [0.5, 0.6) is 5.75 Å². The van der Waals surface area contributed by atoms with Gasteiger partial charge in [-0.1, -0.05) is 65.1 Å². The Kier molecular flexibility index (Phi) is 4.65. The molecule has 0 aliphatic carbocycles. The van der Waals surface area contributed by atoms with Crippen LogP contribution in [0.4, 0.5) is 5.95 Å². The molecule has 8 heteroatoms. The largest absolute Gasteiger partial charge is 0.480 e. The standard InChI is InChI=1S/C24H15Cl3N4O/c25-14-7-5-13(6-8-14)22-20-21(30-24-28-12-29-31(22)24)17-3-1-2-4-19(17)32-23(20)16-10-9-15(26)11-18(16)27/h1-12,22-23H,(H,28,29,30)/t22-,23+/m1/s1. The molecule has 0 fully saturated rings. The Hall–Kier alpha value is -2.99. The second kappa shape index (κ2) is 7.55. The summed E-state index contributed by atoms with van der Waals surface area (Å²) in [6.07, 6.45) is 1.08. The van der Waals surface area contributed by atoms with Crippen molar-refractivity contribution in [1.29, 1.82) is 0 Å². The fourth-order valence-corrected chi connectivity index (χ4v) is 4.99. The molecule has 1 aromatic heterocycles. The van der Waals surface area contributed by atoms with Gasteiger partial charge in [-0.05, 0) is 42.0 Å². The van der Waals surface area contributed by atoms with Crippen molar-refractivity contribution < 1.29 is 4.74 Å². The molecule has 158 valence electrons. The van der Waals surface area contributed by atoms with Crippen molar-refractivity contribution >= 4 is 46.4 Å². The van der Waals surface area contributed by atoms with Gasteiger partial charge >= 0.3 is 0 Å². The number of ether oxygens (including phenoxy) is 1. The average Bonchev–Trinajstić information content (AvgIpc) is 3.26. The van der Waals surface area contributed by atoms with Crippen LogP contribution in [0.1, 0.15) is 28.8 Å². The number of anilines is 1. The molecule has 0 radical (unpaired) electrons. The molecule has 0 unspecified atom stereocenters. The van der Waals surface area contributed by atoms with E-state index in [0.717, 1.165) is 33.7 Å². The van der Waals surface area contributed by atoms with Gasteiger partial charge in [0.15, 0.2) is 6.10 Å². The molecule has 0 saturated heterocycles. The molecule has 0 amide bonds. The third-order valence-corrected chi connectivity index (χ3v) is 6.57. The third kappa shape index (κ3) is 3.08. The summed E-state index contributed by atoms with van der Waals surface area (Å²) >= 11 is 19.0. The van der Waals surface area contributed by atoms with Crippen molar-refractivity contribution in [2.75, 3.05) is 5.32 Å². The Bertz CT molecular complexity index is 1380. The van der Waals surface area contributed by atoms with Crippen LogP contribution >= 0.6 is 34.8 Å². The van der Waals surface area contributed by atoms with Gasteiger partial charge in [0.05, 0.1) is 5.70 Å². The number of benzene rings is 3. The lowest BCUT2D eigenvalue weighted by molar-refractivity contribution is 0.223. The van der Waals surface area contributed by atoms with Crippen LogP contribution in [-0.4, -0.2) is 14.8 Å². The number of para-hydroxylation sites is 1. The molecule has 0 bridgehead atoms. The number of rotatable bonds is 2. The first-order valence-electron chi connectivity index (χ1n) is 9.97. The van der Waals surface area contributed by atoms with Crippen molar-refractivity contribution in [3.63, 3.8) is 0 Å². The highest BCUT2D eigenvalue weighted by Crippen LogP contribution is 2.51. The maximum atomic E-state index is 6.66. The van der Waals surface area contributed by atoms with Crippen LogP contribution in [-0.2, 0) is 0 Å². The van der Waals surface area contributed by atoms with Crippen LogP contribution in [0.2, 0.25) is 15.1 Å². The van der Waals surface area contributed by atoms with Crippen LogP contribution in [0.3, 0.4) is 0 Å². The van der Waals surface area contributed by atoms with Crippen LogP contribution in [0.15, 0.2) is 78.6 Å². The molecule has 3 aromatic carbocycles. The normalized spacial score (nSPS) is 18.8. The zero-order valence-electron chi connectivity index (χ0n) is 16.5. The van der Waals surface area contributed by atoms with Crippen molar-refractivity contribution in [2.24, 2.45) is 0 Å². The number of hydrogen-bond donors (Lipinski definition) is 1. The molecule has 5 nitrogen and oxygen atoms in total. The fourth-order valence-electron chi connectivity index (χ4n) is 4.36. The van der Waals surface area contributed by atoms with E-state index in [0.29, 0.717) is 21.0 Å². The Labute approximate surface area is 199 Å². The van der Waals surface area contributed by atoms with Gasteiger partial charge in [0.2, 0.25) is 5.95 Å². The van der Waals surface area contributed by atoms with E-state index in [1.165, 1.54) is 0 Å². The van der Waals surface area contributed by atoms with Gasteiger partial charge in [0.25, 0.3) is 0 Å². The first-order valence-corrected chi connectivity index (χ1v) is 11.1. The molecule has 6 rings (SSSR count). The van der Waals surface area contributed by atoms with Crippen molar-refractivity contribution in [2.45, 2.75) is 12.1 Å². The van der Waals surface area contributed by atoms with E-state index in [1.807, 2.05) is 65.3 Å². The lowest BCUT2D eigenvalue weighted by atomic mass is 9.84. The predicted molar refractivity (Wildman–Crippen MR) is 126 cm³/mol. The minimum Gasteiger partial charge on any atom is -0.480 e. The molecule has 4 aromatic rings. The van der Waals surface area contributed by atoms with E-state index in [1.54, 1.807) is 12.4 Å². The van der Waals surface area contributed by atoms with Gasteiger partial charge < -0.3 is 10.1 Å². The molecule has 2 aliphatic heterocycles. The van der Waals surface area contributed by atoms with Gasteiger partial charge in [0.1, 0.15) is 18.1 Å². The van der Waals surface area contributed by atoms with Gasteiger partial charge in [-0.3, -0.25) is 0 Å². The summed E-state index contributed by atoms with van der Waals surface area (Å²) in [5.74, 6) is 1.42. The quantitative estimate of drug-likeness (QED) is 0.342. The molecule has 32 heavy (non-hydrogen) atoms. The maximum Gasteiger partial charge on any atom is 0.226 e. The molecule has 2 atom stereocenters. The SMILES string of the molecule is Clc1ccc([C@@H]2C3=C(Nc4ncnn42)c2ccccc2O[C@H]3c2ccc(Cl)cc2Cl)cc1. The smallest absolute Gasteiger partial charge is 0.226 e. The van der Waals surface area contributed by atoms with E-state index in [2.05, 4.69) is 15.4 Å². The van der Waals surface area contributed by atoms with E-state index < -0.39 is 6.10 Å². The number of hydrogen-bond acceptors (Lipinski definition) is 4. The molecular weight excluding hydrogens is 467 g/mol. The monoisotopic (exact) mass is 480 g/mol. The summed E-state index contributed by atoms with van der Waals surface area (Å²) in [6, 6.07) is 20.8. The van der Waals surface area contributed by atoms with Crippen molar-refractivity contribution in [3.8, 4) is 5.75 Å². The van der Waals surface area contributed by atoms with Gasteiger partial charge in [-0.25, -0.2) is 4.68 Å². The maximum absolute atomic E-state index is 6.66. The van der Waals surface area contributed by atoms with E-state index in [-0.39, 0.29) is 6.04 Å². The van der Waals surface area contributed by atoms with Crippen molar-refractivity contribution in [1.82, 2.24) is 14.8 Å². The highest BCUT2D eigenvalue weighted by atomic mass is 35.5. The van der Waals surface area contributed by atoms with E-state index in [4.69, 9.17) is 39.5 Å². The Balaban J connectivity index is 1.64. The molecular formula is C24H15Cl3N4O. The topological polar surface area (TPSA) is 52.0 Å². The van der Waals surface area contributed by atoms with Gasteiger partial charge in [-0.2, -0.15) is 10.1 Å². The van der Waals surface area contributed by atoms with Crippen LogP contribution in [0, 0.1) is 0 Å². The molecule has 0 saturated carbocycles. The average molecular weight is 482 g/mol. The summed E-state index contributed by atoms with van der Waals surface area (Å²) in [5.41, 5.74) is 4.70. The third-order valence-electron chi connectivity index (χ3n) is 5.75. The molecule has 0 spiro atoms. The summed E-state index contributed by atoms with van der Waals surface area (Å²) in [7, 11) is 0. The lowest BCUT2D eigenvalue weighted by Crippen LogP contribution is -2.32. The van der Waals surface area contributed by atoms with Gasteiger partial charge in [-0.15, -0.1) is 0 Å². The zero-order valence-corrected chi connectivity index (χ0v) is 18.7. The highest BCUT2D eigenvalue weighted by Gasteiger charge is 2.41. The minimum atomic E-state index is -0.463. The molecule has 2 aliphatic rings. The van der Waals surface area contributed by atoms with Crippen molar-refractivity contribution in [3.05, 3.63) is 110 Å². The Morgan fingerprint density at radius 3 is 2.50 bits per heavy atom. The summed E-state index contributed by atoms with van der Waals surface area (Å²) in [5, 5.41) is 9.75. The Morgan fingerprint density at radius 1 is 0.906 bits per heavy atom. The zero-order chi connectivity index (χ0) is 21.8.